The lowest BCUT2D eigenvalue weighted by Crippen LogP contribution is -2.54. The van der Waals surface area contributed by atoms with Crippen LogP contribution < -0.4 is 0 Å². The summed E-state index contributed by atoms with van der Waals surface area (Å²) in [7, 11) is 0. The smallest absolute Gasteiger partial charge is 0.303 e. The van der Waals surface area contributed by atoms with Crippen LogP contribution in [0.1, 0.15) is 78.6 Å². The van der Waals surface area contributed by atoms with E-state index >= 15 is 0 Å². The number of carboxylic acids is 1. The molecule has 0 aromatic rings. The zero-order valence-electron chi connectivity index (χ0n) is 17.5. The Balaban J connectivity index is 1.60. The van der Waals surface area contributed by atoms with Gasteiger partial charge in [0.15, 0.2) is 5.78 Å². The van der Waals surface area contributed by atoms with Crippen molar-refractivity contribution >= 4 is 17.5 Å². The second-order valence-corrected chi connectivity index (χ2v) is 10.6. The highest BCUT2D eigenvalue weighted by Crippen LogP contribution is 2.66. The van der Waals surface area contributed by atoms with Crippen molar-refractivity contribution in [3.05, 3.63) is 11.6 Å². The fraction of sp³-hybridized carbons (Fsp3) is 0.792. The molecule has 0 radical (unpaired) electrons. The molecular weight excluding hydrogens is 352 g/mol. The van der Waals surface area contributed by atoms with E-state index < -0.39 is 5.97 Å². The van der Waals surface area contributed by atoms with E-state index in [2.05, 4.69) is 20.8 Å². The fourth-order valence-electron chi connectivity index (χ4n) is 7.79. The molecule has 0 saturated heterocycles. The van der Waals surface area contributed by atoms with E-state index in [9.17, 15) is 14.4 Å². The first kappa shape index (κ1) is 19.8. The van der Waals surface area contributed by atoms with Crippen LogP contribution in [-0.4, -0.2) is 22.6 Å². The van der Waals surface area contributed by atoms with Crippen LogP contribution in [0.3, 0.4) is 0 Å². The van der Waals surface area contributed by atoms with Crippen molar-refractivity contribution in [1.29, 1.82) is 0 Å². The minimum atomic E-state index is -0.711. The van der Waals surface area contributed by atoms with Crippen LogP contribution in [0.2, 0.25) is 0 Å². The van der Waals surface area contributed by atoms with Crippen LogP contribution in [0.25, 0.3) is 0 Å². The number of carbonyl (C=O) groups excluding carboxylic acids is 2. The van der Waals surface area contributed by atoms with Crippen molar-refractivity contribution in [2.75, 3.05) is 0 Å². The normalized spacial score (nSPS) is 43.6. The van der Waals surface area contributed by atoms with E-state index in [0.717, 1.165) is 44.1 Å². The number of hydrogen-bond donors (Lipinski definition) is 1. The Hall–Kier alpha value is -1.45. The maximum atomic E-state index is 13.3. The monoisotopic (exact) mass is 386 g/mol. The summed E-state index contributed by atoms with van der Waals surface area (Å²) in [6.45, 7) is 6.90. The number of fused-ring (bicyclic) bond motifs is 5. The van der Waals surface area contributed by atoms with Crippen LogP contribution in [-0.2, 0) is 14.4 Å². The lowest BCUT2D eigenvalue weighted by Gasteiger charge is -2.57. The Morgan fingerprint density at radius 1 is 1.18 bits per heavy atom. The molecule has 4 heteroatoms. The van der Waals surface area contributed by atoms with Gasteiger partial charge >= 0.3 is 5.97 Å². The second kappa shape index (κ2) is 6.81. The topological polar surface area (TPSA) is 71.4 Å². The number of aliphatic carboxylic acids is 1. The number of carboxylic acid groups (broad SMARTS) is 1. The number of Topliss-reactive ketones (excluding diaryl/α,β-unsaturated/α-hetero) is 1. The molecule has 0 aromatic carbocycles. The molecule has 28 heavy (non-hydrogen) atoms. The Morgan fingerprint density at radius 2 is 1.93 bits per heavy atom. The first-order chi connectivity index (χ1) is 13.2. The Kier molecular flexibility index (Phi) is 4.83. The van der Waals surface area contributed by atoms with E-state index in [4.69, 9.17) is 5.11 Å². The summed E-state index contributed by atoms with van der Waals surface area (Å²) in [5.41, 5.74) is 1.26. The molecule has 3 fully saturated rings. The quantitative estimate of drug-likeness (QED) is 0.752. The maximum absolute atomic E-state index is 13.3. The number of ketones is 2. The molecule has 0 heterocycles. The average Bonchev–Trinajstić information content (AvgIpc) is 2.98. The summed E-state index contributed by atoms with van der Waals surface area (Å²) in [5.74, 6) is 1.67. The third-order valence-electron chi connectivity index (χ3n) is 9.36. The highest BCUT2D eigenvalue weighted by molar-refractivity contribution is 5.95. The van der Waals surface area contributed by atoms with Crippen molar-refractivity contribution in [2.45, 2.75) is 78.6 Å². The summed E-state index contributed by atoms with van der Waals surface area (Å²) in [4.78, 5) is 36.3. The van der Waals surface area contributed by atoms with Crippen LogP contribution in [0.15, 0.2) is 11.6 Å². The van der Waals surface area contributed by atoms with E-state index in [0.29, 0.717) is 42.3 Å². The molecule has 1 N–H and O–H groups in total. The van der Waals surface area contributed by atoms with Gasteiger partial charge in [0, 0.05) is 25.2 Å². The van der Waals surface area contributed by atoms with Gasteiger partial charge < -0.3 is 5.11 Å². The zero-order chi connectivity index (χ0) is 20.3. The van der Waals surface area contributed by atoms with Crippen molar-refractivity contribution in [1.82, 2.24) is 0 Å². The Bertz CT molecular complexity index is 737. The third-order valence-corrected chi connectivity index (χ3v) is 9.36. The van der Waals surface area contributed by atoms with E-state index in [1.165, 1.54) is 0 Å². The fourth-order valence-corrected chi connectivity index (χ4v) is 7.79. The van der Waals surface area contributed by atoms with Gasteiger partial charge in [-0.15, -0.1) is 0 Å². The number of hydrogen-bond acceptors (Lipinski definition) is 3. The van der Waals surface area contributed by atoms with Gasteiger partial charge in [-0.3, -0.25) is 14.4 Å². The van der Waals surface area contributed by atoms with Gasteiger partial charge in [-0.25, -0.2) is 0 Å². The largest absolute Gasteiger partial charge is 0.481 e. The molecule has 4 aliphatic carbocycles. The highest BCUT2D eigenvalue weighted by atomic mass is 16.4. The molecular formula is C24H34O4. The molecule has 4 aliphatic rings. The first-order valence-corrected chi connectivity index (χ1v) is 11.1. The van der Waals surface area contributed by atoms with Gasteiger partial charge in [0.1, 0.15) is 5.78 Å². The predicted octanol–water partition coefficient (Wildman–Crippen LogP) is 4.81. The van der Waals surface area contributed by atoms with E-state index in [1.807, 2.05) is 0 Å². The summed E-state index contributed by atoms with van der Waals surface area (Å²) < 4.78 is 0. The summed E-state index contributed by atoms with van der Waals surface area (Å²) in [5, 5.41) is 9.07. The van der Waals surface area contributed by atoms with E-state index in [-0.39, 0.29) is 29.0 Å². The predicted molar refractivity (Wildman–Crippen MR) is 107 cm³/mol. The number of allylic oxidation sites excluding steroid dienone is 1. The van der Waals surface area contributed by atoms with Crippen LogP contribution in [0.5, 0.6) is 0 Å². The lowest BCUT2D eigenvalue weighted by atomic mass is 9.46. The van der Waals surface area contributed by atoms with Crippen LogP contribution in [0.4, 0.5) is 0 Å². The molecule has 0 spiro atoms. The lowest BCUT2D eigenvalue weighted by molar-refractivity contribution is -0.141. The maximum Gasteiger partial charge on any atom is 0.303 e. The van der Waals surface area contributed by atoms with Crippen LogP contribution >= 0.6 is 0 Å². The molecule has 0 bridgehead atoms. The van der Waals surface area contributed by atoms with Crippen molar-refractivity contribution in [3.8, 4) is 0 Å². The summed E-state index contributed by atoms with van der Waals surface area (Å²) in [6.07, 6.45) is 9.16. The molecule has 0 aromatic heterocycles. The van der Waals surface area contributed by atoms with Crippen LogP contribution in [0, 0.1) is 40.4 Å². The third kappa shape index (κ3) is 2.90. The second-order valence-electron chi connectivity index (χ2n) is 10.6. The van der Waals surface area contributed by atoms with Gasteiger partial charge in [-0.05, 0) is 79.1 Å². The van der Waals surface area contributed by atoms with Crippen molar-refractivity contribution < 1.29 is 19.5 Å². The van der Waals surface area contributed by atoms with E-state index in [1.54, 1.807) is 6.08 Å². The Morgan fingerprint density at radius 3 is 2.64 bits per heavy atom. The Labute approximate surface area is 168 Å². The summed E-state index contributed by atoms with van der Waals surface area (Å²) in [6, 6.07) is 0. The van der Waals surface area contributed by atoms with Gasteiger partial charge in [0.05, 0.1) is 0 Å². The van der Waals surface area contributed by atoms with Gasteiger partial charge in [-0.2, -0.15) is 0 Å². The molecule has 4 nitrogen and oxygen atoms in total. The molecule has 7 atom stereocenters. The number of rotatable bonds is 4. The molecule has 4 rings (SSSR count). The average molecular weight is 387 g/mol. The van der Waals surface area contributed by atoms with Crippen molar-refractivity contribution in [3.63, 3.8) is 0 Å². The first-order valence-electron chi connectivity index (χ1n) is 11.1. The number of carbonyl (C=O) groups is 3. The van der Waals surface area contributed by atoms with Gasteiger partial charge in [0.2, 0.25) is 0 Å². The standard InChI is InChI=1S/C24H34O4/c1-14(4-7-21(27)28)17-5-6-18-22-19(9-11-24(17,18)3)23(2)10-8-16(25)12-15(23)13-20(22)26/h12,14,17-19,22H,4-11,13H2,1-3H3,(H,27,28)/t14-,17-,18+,19+,22+,23+,24-/m1/s1. The molecule has 0 aliphatic heterocycles. The summed E-state index contributed by atoms with van der Waals surface area (Å²) >= 11 is 0. The SMILES string of the molecule is C[C@H](CCC(=O)O)[C@H]1CC[C@H]2[C@@H]3C(=O)CC4=CC(=O)CC[C@]4(C)[C@H]3CC[C@]12C. The minimum absolute atomic E-state index is 0.0147. The highest BCUT2D eigenvalue weighted by Gasteiger charge is 2.61. The molecule has 3 saturated carbocycles. The van der Waals surface area contributed by atoms with Crippen molar-refractivity contribution in [2.24, 2.45) is 40.4 Å². The molecule has 0 unspecified atom stereocenters. The molecule has 0 amide bonds. The molecule has 154 valence electrons. The minimum Gasteiger partial charge on any atom is -0.481 e. The van der Waals surface area contributed by atoms with Gasteiger partial charge in [0.25, 0.3) is 0 Å². The van der Waals surface area contributed by atoms with Gasteiger partial charge in [-0.1, -0.05) is 26.3 Å². The zero-order valence-corrected chi connectivity index (χ0v) is 17.5.